The molecule has 1 amide bonds. The molecular formula is C13H15ClN4O3. The zero-order valence-corrected chi connectivity index (χ0v) is 11.9. The van der Waals surface area contributed by atoms with Gasteiger partial charge in [-0.2, -0.15) is 0 Å². The summed E-state index contributed by atoms with van der Waals surface area (Å²) in [5.41, 5.74) is 11.9. The van der Waals surface area contributed by atoms with Gasteiger partial charge in [0.05, 0.1) is 12.3 Å². The molecule has 2 rings (SSSR count). The first-order valence-electron chi connectivity index (χ1n) is 6.22. The third-order valence-corrected chi connectivity index (χ3v) is 3.00. The van der Waals surface area contributed by atoms with Crippen LogP contribution in [0, 0.1) is 0 Å². The maximum Gasteiger partial charge on any atom is 0.258 e. The number of carbonyl (C=O) groups excluding carboxylic acids is 1. The maximum atomic E-state index is 11.5. The minimum absolute atomic E-state index is 0.0166. The number of amides is 1. The van der Waals surface area contributed by atoms with Crippen LogP contribution < -0.4 is 16.2 Å². The van der Waals surface area contributed by atoms with E-state index in [1.54, 1.807) is 24.3 Å². The molecule has 0 aliphatic rings. The second kappa shape index (κ2) is 6.47. The molecule has 1 aromatic heterocycles. The molecule has 21 heavy (non-hydrogen) atoms. The second-order valence-electron chi connectivity index (χ2n) is 4.24. The van der Waals surface area contributed by atoms with E-state index in [9.17, 15) is 4.79 Å². The summed E-state index contributed by atoms with van der Waals surface area (Å²) in [5.74, 6) is -0.598. The summed E-state index contributed by atoms with van der Waals surface area (Å²) >= 11 is 5.83. The number of rotatable bonds is 6. The number of nitrogen functional groups attached to an aromatic ring is 1. The third kappa shape index (κ3) is 3.26. The van der Waals surface area contributed by atoms with Crippen molar-refractivity contribution in [1.29, 1.82) is 0 Å². The number of carbonyl (C=O) groups is 1. The molecule has 0 aliphatic heterocycles. The van der Waals surface area contributed by atoms with Gasteiger partial charge in [-0.1, -0.05) is 11.6 Å². The fourth-order valence-electron chi connectivity index (χ4n) is 1.76. The number of nitrogens with zero attached hydrogens (tertiary/aromatic N) is 2. The molecule has 0 bridgehead atoms. The minimum Gasteiger partial charge on any atom is -0.476 e. The summed E-state index contributed by atoms with van der Waals surface area (Å²) in [6, 6.07) is 6.75. The number of halogens is 1. The predicted molar refractivity (Wildman–Crippen MR) is 78.7 cm³/mol. The van der Waals surface area contributed by atoms with Crippen LogP contribution in [0.5, 0.6) is 5.88 Å². The number of ether oxygens (including phenoxy) is 1. The number of benzene rings is 1. The fraction of sp³-hybridized carbons (Fsp3) is 0.231. The fourth-order valence-corrected chi connectivity index (χ4v) is 1.88. The van der Waals surface area contributed by atoms with Crippen LogP contribution in [0.25, 0.3) is 5.69 Å². The van der Waals surface area contributed by atoms with E-state index in [1.807, 2.05) is 0 Å². The molecule has 1 aromatic carbocycles. The van der Waals surface area contributed by atoms with Gasteiger partial charge in [0.1, 0.15) is 11.4 Å². The average molecular weight is 311 g/mol. The molecule has 0 radical (unpaired) electrons. The van der Waals surface area contributed by atoms with Gasteiger partial charge >= 0.3 is 0 Å². The van der Waals surface area contributed by atoms with E-state index < -0.39 is 5.91 Å². The number of hydrogen-bond acceptors (Lipinski definition) is 5. The Kier molecular flexibility index (Phi) is 4.66. The molecule has 112 valence electrons. The number of anilines is 1. The van der Waals surface area contributed by atoms with Crippen molar-refractivity contribution in [1.82, 2.24) is 9.78 Å². The number of aromatic nitrogens is 2. The first-order chi connectivity index (χ1) is 10.0. The summed E-state index contributed by atoms with van der Waals surface area (Å²) in [4.78, 5) is 11.5. The molecular weight excluding hydrogens is 296 g/mol. The Morgan fingerprint density at radius 2 is 2.05 bits per heavy atom. The predicted octanol–water partition coefficient (Wildman–Crippen LogP) is 0.968. The van der Waals surface area contributed by atoms with Crippen molar-refractivity contribution in [3.05, 3.63) is 34.9 Å². The van der Waals surface area contributed by atoms with E-state index >= 15 is 0 Å². The topological polar surface area (TPSA) is 116 Å². The van der Waals surface area contributed by atoms with Gasteiger partial charge in [0.25, 0.3) is 5.91 Å². The first kappa shape index (κ1) is 15.1. The lowest BCUT2D eigenvalue weighted by atomic mass is 10.3. The van der Waals surface area contributed by atoms with Crippen LogP contribution in [0.4, 0.5) is 5.82 Å². The van der Waals surface area contributed by atoms with Crippen molar-refractivity contribution in [2.75, 3.05) is 18.9 Å². The largest absolute Gasteiger partial charge is 0.476 e. The molecule has 1 heterocycles. The quantitative estimate of drug-likeness (QED) is 0.687. The van der Waals surface area contributed by atoms with E-state index in [0.29, 0.717) is 17.1 Å². The third-order valence-electron chi connectivity index (χ3n) is 2.75. The highest BCUT2D eigenvalue weighted by molar-refractivity contribution is 6.30. The molecule has 0 fully saturated rings. The molecule has 0 spiro atoms. The Morgan fingerprint density at radius 1 is 1.38 bits per heavy atom. The summed E-state index contributed by atoms with van der Waals surface area (Å²) in [6.45, 7) is 0.174. The monoisotopic (exact) mass is 310 g/mol. The van der Waals surface area contributed by atoms with Crippen molar-refractivity contribution in [2.45, 2.75) is 6.42 Å². The zero-order valence-electron chi connectivity index (χ0n) is 11.1. The van der Waals surface area contributed by atoms with E-state index in [2.05, 4.69) is 5.10 Å². The van der Waals surface area contributed by atoms with Gasteiger partial charge < -0.3 is 21.3 Å². The SMILES string of the molecule is NC(=O)c1c(OCCCO)nn(-c2ccc(Cl)cc2)c1N. The summed E-state index contributed by atoms with van der Waals surface area (Å²) in [7, 11) is 0. The Morgan fingerprint density at radius 3 is 2.62 bits per heavy atom. The Labute approximate surface area is 126 Å². The van der Waals surface area contributed by atoms with Crippen molar-refractivity contribution >= 4 is 23.3 Å². The van der Waals surface area contributed by atoms with Crippen LogP contribution >= 0.6 is 11.6 Å². The number of aliphatic hydroxyl groups is 1. The highest BCUT2D eigenvalue weighted by Crippen LogP contribution is 2.27. The molecule has 8 heteroatoms. The van der Waals surface area contributed by atoms with Crippen molar-refractivity contribution in [3.8, 4) is 11.6 Å². The second-order valence-corrected chi connectivity index (χ2v) is 4.68. The van der Waals surface area contributed by atoms with Crippen molar-refractivity contribution in [3.63, 3.8) is 0 Å². The normalized spacial score (nSPS) is 10.6. The maximum absolute atomic E-state index is 11.5. The lowest BCUT2D eigenvalue weighted by molar-refractivity contribution is 0.0997. The molecule has 5 N–H and O–H groups in total. The van der Waals surface area contributed by atoms with E-state index in [-0.39, 0.29) is 30.5 Å². The summed E-state index contributed by atoms with van der Waals surface area (Å²) < 4.78 is 6.70. The molecule has 0 saturated heterocycles. The van der Waals surface area contributed by atoms with Crippen LogP contribution in [0.1, 0.15) is 16.8 Å². The minimum atomic E-state index is -0.730. The number of aliphatic hydroxyl groups excluding tert-OH is 1. The van der Waals surface area contributed by atoms with Crippen LogP contribution in [0.15, 0.2) is 24.3 Å². The number of primary amides is 1. The van der Waals surface area contributed by atoms with Crippen LogP contribution in [0.3, 0.4) is 0 Å². The molecule has 0 aliphatic carbocycles. The van der Waals surface area contributed by atoms with E-state index in [0.717, 1.165) is 0 Å². The Hall–Kier alpha value is -2.25. The van der Waals surface area contributed by atoms with Crippen molar-refractivity contribution < 1.29 is 14.6 Å². The standard InChI is InChI=1S/C13H15ClN4O3/c14-8-2-4-9(5-3-8)18-11(15)10(12(16)20)13(17-18)21-7-1-6-19/h2-5,19H,1,6-7,15H2,(H2,16,20). The summed E-state index contributed by atoms with van der Waals surface area (Å²) in [6.07, 6.45) is 0.409. The van der Waals surface area contributed by atoms with Crippen LogP contribution in [-0.2, 0) is 0 Å². The first-order valence-corrected chi connectivity index (χ1v) is 6.60. The van der Waals surface area contributed by atoms with Gasteiger partial charge in [0.15, 0.2) is 0 Å². The molecule has 2 aromatic rings. The van der Waals surface area contributed by atoms with Gasteiger partial charge in [-0.25, -0.2) is 4.68 Å². The zero-order chi connectivity index (χ0) is 15.4. The lowest BCUT2D eigenvalue weighted by Crippen LogP contribution is -2.15. The average Bonchev–Trinajstić information content (AvgIpc) is 2.77. The lowest BCUT2D eigenvalue weighted by Gasteiger charge is -2.03. The van der Waals surface area contributed by atoms with E-state index in [4.69, 9.17) is 32.9 Å². The van der Waals surface area contributed by atoms with E-state index in [1.165, 1.54) is 4.68 Å². The molecule has 0 saturated carbocycles. The number of hydrogen-bond donors (Lipinski definition) is 3. The van der Waals surface area contributed by atoms with Crippen LogP contribution in [-0.4, -0.2) is 34.0 Å². The van der Waals surface area contributed by atoms with Gasteiger partial charge in [0, 0.05) is 18.1 Å². The highest BCUT2D eigenvalue weighted by atomic mass is 35.5. The molecule has 7 nitrogen and oxygen atoms in total. The highest BCUT2D eigenvalue weighted by Gasteiger charge is 2.22. The summed E-state index contributed by atoms with van der Waals surface area (Å²) in [5, 5.41) is 13.5. The van der Waals surface area contributed by atoms with Crippen molar-refractivity contribution in [2.24, 2.45) is 5.73 Å². The van der Waals surface area contributed by atoms with Gasteiger partial charge in [0.2, 0.25) is 5.88 Å². The molecule has 0 atom stereocenters. The Balaban J connectivity index is 2.40. The van der Waals surface area contributed by atoms with Crippen LogP contribution in [0.2, 0.25) is 5.02 Å². The number of nitrogens with two attached hydrogens (primary N) is 2. The smallest absolute Gasteiger partial charge is 0.258 e. The Bertz CT molecular complexity index is 640. The van der Waals surface area contributed by atoms with Gasteiger partial charge in [-0.15, -0.1) is 5.10 Å². The molecule has 0 unspecified atom stereocenters. The van der Waals surface area contributed by atoms with Gasteiger partial charge in [-0.05, 0) is 24.3 Å². The van der Waals surface area contributed by atoms with Gasteiger partial charge in [-0.3, -0.25) is 4.79 Å².